The summed E-state index contributed by atoms with van der Waals surface area (Å²) in [7, 11) is 2.97. The molecule has 1 aliphatic rings. The normalized spacial score (nSPS) is 23.7. The standard InChI is InChI=1S/C17H30N4O4/c1-6-7-17(3,25-5)15(21-11(2)22)13-8-12(16(23)24-4)9-14(13)19-10-20-18/h8,10,13-15H,6-7,9,18H2,1-5H3,(H,19,20)(H,21,22)/t13-,14-,15-,17+/m1/s1. The number of nitrogens with one attached hydrogen (secondary N) is 2. The van der Waals surface area contributed by atoms with Crippen LogP contribution in [-0.2, 0) is 19.1 Å². The molecule has 0 aliphatic heterocycles. The first-order valence-electron chi connectivity index (χ1n) is 8.42. The van der Waals surface area contributed by atoms with Crippen molar-refractivity contribution in [3.63, 3.8) is 0 Å². The highest BCUT2D eigenvalue weighted by atomic mass is 16.5. The second kappa shape index (κ2) is 9.53. The molecule has 142 valence electrons. The van der Waals surface area contributed by atoms with Crippen molar-refractivity contribution in [2.24, 2.45) is 16.8 Å². The third-order valence-electron chi connectivity index (χ3n) is 4.67. The molecule has 0 aromatic carbocycles. The Morgan fingerprint density at radius 2 is 2.20 bits per heavy atom. The number of carbonyl (C=O) groups is 2. The molecule has 0 saturated heterocycles. The number of esters is 1. The molecule has 4 N–H and O–H groups in total. The zero-order valence-corrected chi connectivity index (χ0v) is 15.7. The van der Waals surface area contributed by atoms with E-state index < -0.39 is 5.60 Å². The van der Waals surface area contributed by atoms with Crippen molar-refractivity contribution in [1.82, 2.24) is 10.7 Å². The van der Waals surface area contributed by atoms with Crippen molar-refractivity contribution in [3.05, 3.63) is 11.6 Å². The van der Waals surface area contributed by atoms with E-state index in [2.05, 4.69) is 22.7 Å². The van der Waals surface area contributed by atoms with Gasteiger partial charge in [0.25, 0.3) is 0 Å². The highest BCUT2D eigenvalue weighted by Gasteiger charge is 2.45. The fourth-order valence-electron chi connectivity index (χ4n) is 3.42. The molecule has 25 heavy (non-hydrogen) atoms. The predicted molar refractivity (Wildman–Crippen MR) is 95.7 cm³/mol. The average molecular weight is 354 g/mol. The third-order valence-corrected chi connectivity index (χ3v) is 4.67. The van der Waals surface area contributed by atoms with Crippen molar-refractivity contribution in [2.75, 3.05) is 14.2 Å². The first-order valence-corrected chi connectivity index (χ1v) is 8.42. The van der Waals surface area contributed by atoms with Gasteiger partial charge in [-0.25, -0.2) is 10.6 Å². The van der Waals surface area contributed by atoms with Crippen molar-refractivity contribution in [1.29, 1.82) is 0 Å². The lowest BCUT2D eigenvalue weighted by atomic mass is 9.80. The largest absolute Gasteiger partial charge is 0.466 e. The Morgan fingerprint density at radius 1 is 1.52 bits per heavy atom. The summed E-state index contributed by atoms with van der Waals surface area (Å²) < 4.78 is 10.6. The maximum atomic E-state index is 12.0. The molecule has 0 aromatic heterocycles. The number of amides is 1. The molecule has 1 rings (SSSR count). The fraction of sp³-hybridized carbons (Fsp3) is 0.706. The molecule has 0 heterocycles. The summed E-state index contributed by atoms with van der Waals surface area (Å²) in [5.74, 6) is 4.51. The van der Waals surface area contributed by atoms with E-state index in [1.165, 1.54) is 20.4 Å². The molecule has 1 amide bonds. The molecule has 4 atom stereocenters. The Bertz CT molecular complexity index is 535. The number of carbonyl (C=O) groups excluding carboxylic acids is 2. The third kappa shape index (κ3) is 5.27. The summed E-state index contributed by atoms with van der Waals surface area (Å²) in [6.07, 6.45) is 5.27. The number of aliphatic imine (C=N–C) groups is 1. The monoisotopic (exact) mass is 354 g/mol. The molecule has 8 nitrogen and oxygen atoms in total. The first kappa shape index (κ1) is 21.1. The number of rotatable bonds is 9. The van der Waals surface area contributed by atoms with Gasteiger partial charge in [-0.15, -0.1) is 0 Å². The first-order chi connectivity index (χ1) is 11.8. The summed E-state index contributed by atoms with van der Waals surface area (Å²) in [4.78, 5) is 28.2. The number of ether oxygens (including phenoxy) is 2. The van der Waals surface area contributed by atoms with Crippen molar-refractivity contribution >= 4 is 18.2 Å². The highest BCUT2D eigenvalue weighted by Crippen LogP contribution is 2.37. The molecule has 0 radical (unpaired) electrons. The number of hydrogen-bond acceptors (Lipinski definition) is 6. The van der Waals surface area contributed by atoms with Gasteiger partial charge < -0.3 is 20.2 Å². The van der Waals surface area contributed by atoms with Gasteiger partial charge in [-0.1, -0.05) is 19.4 Å². The minimum Gasteiger partial charge on any atom is -0.466 e. The summed E-state index contributed by atoms with van der Waals surface area (Å²) in [5.41, 5.74) is 2.32. The van der Waals surface area contributed by atoms with Gasteiger partial charge in [0.2, 0.25) is 5.91 Å². The predicted octanol–water partition coefficient (Wildman–Crippen LogP) is 0.676. The van der Waals surface area contributed by atoms with E-state index >= 15 is 0 Å². The maximum Gasteiger partial charge on any atom is 0.333 e. The van der Waals surface area contributed by atoms with E-state index in [0.29, 0.717) is 12.0 Å². The van der Waals surface area contributed by atoms with Crippen LogP contribution in [0.3, 0.4) is 0 Å². The van der Waals surface area contributed by atoms with Crippen LogP contribution in [0.5, 0.6) is 0 Å². The van der Waals surface area contributed by atoms with Crippen molar-refractivity contribution in [2.45, 2.75) is 57.7 Å². The zero-order chi connectivity index (χ0) is 19.0. The van der Waals surface area contributed by atoms with Gasteiger partial charge in [0.05, 0.1) is 31.1 Å². The molecular weight excluding hydrogens is 324 g/mol. The van der Waals surface area contributed by atoms with Crippen LogP contribution in [0.2, 0.25) is 0 Å². The number of hydrogen-bond donors (Lipinski definition) is 3. The van der Waals surface area contributed by atoms with E-state index in [1.54, 1.807) is 7.11 Å². The van der Waals surface area contributed by atoms with Gasteiger partial charge in [0.15, 0.2) is 0 Å². The highest BCUT2D eigenvalue weighted by molar-refractivity contribution is 5.89. The van der Waals surface area contributed by atoms with Crippen LogP contribution in [-0.4, -0.2) is 50.1 Å². The van der Waals surface area contributed by atoms with E-state index in [4.69, 9.17) is 15.3 Å². The number of nitrogens with two attached hydrogens (primary N) is 1. The second-order valence-electron chi connectivity index (χ2n) is 6.42. The Balaban J connectivity index is 3.29. The zero-order valence-electron chi connectivity index (χ0n) is 15.7. The lowest BCUT2D eigenvalue weighted by molar-refractivity contribution is -0.136. The Labute approximate surface area is 149 Å². The van der Waals surface area contributed by atoms with Gasteiger partial charge in [0.1, 0.15) is 0 Å². The van der Waals surface area contributed by atoms with Crippen LogP contribution < -0.4 is 16.6 Å². The van der Waals surface area contributed by atoms with Gasteiger partial charge in [0, 0.05) is 31.9 Å². The number of nitrogens with zero attached hydrogens (tertiary/aromatic N) is 1. The number of hydrazine groups is 1. The maximum absolute atomic E-state index is 12.0. The van der Waals surface area contributed by atoms with E-state index in [0.717, 1.165) is 12.8 Å². The molecule has 0 unspecified atom stereocenters. The summed E-state index contributed by atoms with van der Waals surface area (Å²) >= 11 is 0. The fourth-order valence-corrected chi connectivity index (χ4v) is 3.42. The Hall–Kier alpha value is -1.93. The molecule has 8 heteroatoms. The van der Waals surface area contributed by atoms with E-state index in [1.807, 2.05) is 13.0 Å². The molecule has 0 bridgehead atoms. The molecule has 0 spiro atoms. The smallest absolute Gasteiger partial charge is 0.333 e. The van der Waals surface area contributed by atoms with Crippen molar-refractivity contribution < 1.29 is 19.1 Å². The molecule has 1 aliphatic carbocycles. The summed E-state index contributed by atoms with van der Waals surface area (Å²) in [6.45, 7) is 5.48. The van der Waals surface area contributed by atoms with Crippen LogP contribution in [0.4, 0.5) is 0 Å². The molecule has 0 aromatic rings. The minimum atomic E-state index is -0.600. The Kier molecular flexibility index (Phi) is 8.05. The van der Waals surface area contributed by atoms with Gasteiger partial charge in [-0.3, -0.25) is 9.79 Å². The SMILES string of the molecule is CCC[C@](C)(OC)[C@H](NC(C)=O)[C@@H]1C=C(C(=O)OC)C[C@H]1N=CNN. The van der Waals surface area contributed by atoms with E-state index in [-0.39, 0.29) is 29.9 Å². The van der Waals surface area contributed by atoms with E-state index in [9.17, 15) is 9.59 Å². The van der Waals surface area contributed by atoms with Crippen LogP contribution in [0, 0.1) is 5.92 Å². The van der Waals surface area contributed by atoms with Gasteiger partial charge in [-0.2, -0.15) is 0 Å². The van der Waals surface area contributed by atoms with Gasteiger partial charge in [-0.05, 0) is 13.3 Å². The average Bonchev–Trinajstić information content (AvgIpc) is 3.00. The van der Waals surface area contributed by atoms with Crippen LogP contribution in [0.15, 0.2) is 16.6 Å². The molecule has 0 saturated carbocycles. The Morgan fingerprint density at radius 3 is 2.68 bits per heavy atom. The van der Waals surface area contributed by atoms with Crippen LogP contribution in [0.25, 0.3) is 0 Å². The summed E-state index contributed by atoms with van der Waals surface area (Å²) in [5, 5.41) is 3.00. The molecular formula is C17H30N4O4. The van der Waals surface area contributed by atoms with Crippen LogP contribution in [0.1, 0.15) is 40.0 Å². The van der Waals surface area contributed by atoms with Crippen molar-refractivity contribution in [3.8, 4) is 0 Å². The minimum absolute atomic E-state index is 0.163. The quantitative estimate of drug-likeness (QED) is 0.184. The second-order valence-corrected chi connectivity index (χ2v) is 6.42. The number of methoxy groups -OCH3 is 2. The summed E-state index contributed by atoms with van der Waals surface area (Å²) in [6, 6.07) is -0.606. The van der Waals surface area contributed by atoms with Gasteiger partial charge >= 0.3 is 5.97 Å². The lowest BCUT2D eigenvalue weighted by Crippen LogP contribution is -2.56. The lowest BCUT2D eigenvalue weighted by Gasteiger charge is -2.41. The topological polar surface area (TPSA) is 115 Å². The molecule has 0 fully saturated rings. The van der Waals surface area contributed by atoms with Crippen LogP contribution >= 0.6 is 0 Å².